The van der Waals surface area contributed by atoms with Gasteiger partial charge in [-0.15, -0.1) is 0 Å². The SMILES string of the molecule is COc1c(CCc2ccccc2)cc2c(c1OC)C(c1ccc([N+](=O)[O-])cc1)C(=NN)C(=O)O2. The number of nitrogens with zero attached hydrogens (tertiary/aromatic N) is 2. The molecule has 0 aromatic heterocycles. The summed E-state index contributed by atoms with van der Waals surface area (Å²) in [5.41, 5.74) is 2.93. The first-order valence-corrected chi connectivity index (χ1v) is 10.5. The summed E-state index contributed by atoms with van der Waals surface area (Å²) in [7, 11) is 3.05. The number of nitro benzene ring substituents is 1. The van der Waals surface area contributed by atoms with Crippen LogP contribution in [-0.4, -0.2) is 30.8 Å². The fourth-order valence-corrected chi connectivity index (χ4v) is 4.22. The quantitative estimate of drug-likeness (QED) is 0.187. The van der Waals surface area contributed by atoms with Crippen LogP contribution < -0.4 is 20.1 Å². The lowest BCUT2D eigenvalue weighted by atomic mass is 9.83. The van der Waals surface area contributed by atoms with Crippen molar-refractivity contribution in [2.24, 2.45) is 10.9 Å². The first kappa shape index (κ1) is 22.8. The van der Waals surface area contributed by atoms with Crippen molar-refractivity contribution in [2.45, 2.75) is 18.8 Å². The third-order valence-corrected chi connectivity index (χ3v) is 5.80. The minimum atomic E-state index is -0.755. The number of hydrogen-bond donors (Lipinski definition) is 1. The molecule has 34 heavy (non-hydrogen) atoms. The van der Waals surface area contributed by atoms with Gasteiger partial charge in [0, 0.05) is 17.7 Å². The van der Waals surface area contributed by atoms with Crippen molar-refractivity contribution in [3.8, 4) is 17.2 Å². The molecule has 0 saturated carbocycles. The summed E-state index contributed by atoms with van der Waals surface area (Å²) >= 11 is 0. The number of fused-ring (bicyclic) bond motifs is 1. The second kappa shape index (κ2) is 9.62. The van der Waals surface area contributed by atoms with Crippen LogP contribution in [0.2, 0.25) is 0 Å². The average molecular weight is 461 g/mol. The second-order valence-electron chi connectivity index (χ2n) is 7.69. The molecule has 0 amide bonds. The Morgan fingerprint density at radius 1 is 1.03 bits per heavy atom. The number of esters is 1. The van der Waals surface area contributed by atoms with E-state index in [4.69, 9.17) is 20.1 Å². The van der Waals surface area contributed by atoms with Gasteiger partial charge in [0.2, 0.25) is 0 Å². The first-order chi connectivity index (χ1) is 16.5. The number of carbonyl (C=O) groups excluding carboxylic acids is 1. The standard InChI is InChI=1S/C25H23N3O6/c1-32-23-17(9-8-15-6-4-3-5-7-15)14-19-21(24(23)33-2)20(22(27-26)25(29)34-19)16-10-12-18(13-11-16)28(30)31/h3-7,10-14,20H,8-9,26H2,1-2H3. The molecule has 3 aromatic rings. The van der Waals surface area contributed by atoms with Gasteiger partial charge in [0.05, 0.1) is 30.6 Å². The maximum absolute atomic E-state index is 12.8. The van der Waals surface area contributed by atoms with Gasteiger partial charge in [0.25, 0.3) is 5.69 Å². The number of methoxy groups -OCH3 is 2. The highest BCUT2D eigenvalue weighted by molar-refractivity contribution is 6.41. The molecule has 9 nitrogen and oxygen atoms in total. The lowest BCUT2D eigenvalue weighted by Crippen LogP contribution is -2.34. The number of non-ortho nitro benzene ring substituents is 1. The number of ether oxygens (including phenoxy) is 3. The molecule has 0 saturated heterocycles. The monoisotopic (exact) mass is 461 g/mol. The van der Waals surface area contributed by atoms with Crippen LogP contribution in [0.3, 0.4) is 0 Å². The molecule has 0 spiro atoms. The van der Waals surface area contributed by atoms with Crippen molar-refractivity contribution in [1.29, 1.82) is 0 Å². The summed E-state index contributed by atoms with van der Waals surface area (Å²) in [5, 5.41) is 14.8. The zero-order valence-electron chi connectivity index (χ0n) is 18.7. The van der Waals surface area contributed by atoms with E-state index in [0.717, 1.165) is 17.5 Å². The Bertz CT molecular complexity index is 1260. The highest BCUT2D eigenvalue weighted by Gasteiger charge is 2.40. The topological polar surface area (TPSA) is 126 Å². The number of rotatable bonds is 7. The molecular weight excluding hydrogens is 438 g/mol. The van der Waals surface area contributed by atoms with Crippen molar-refractivity contribution in [3.05, 3.63) is 93.0 Å². The third kappa shape index (κ3) is 4.15. The molecule has 0 bridgehead atoms. The van der Waals surface area contributed by atoms with Crippen molar-refractivity contribution in [1.82, 2.24) is 0 Å². The lowest BCUT2D eigenvalue weighted by Gasteiger charge is -2.29. The molecule has 174 valence electrons. The van der Waals surface area contributed by atoms with E-state index < -0.39 is 16.8 Å². The summed E-state index contributed by atoms with van der Waals surface area (Å²) in [4.78, 5) is 23.4. The van der Waals surface area contributed by atoms with Gasteiger partial charge < -0.3 is 20.1 Å². The van der Waals surface area contributed by atoms with Gasteiger partial charge >= 0.3 is 5.97 Å². The number of aryl methyl sites for hydroxylation is 2. The van der Waals surface area contributed by atoms with Gasteiger partial charge in [-0.1, -0.05) is 42.5 Å². The summed E-state index contributed by atoms with van der Waals surface area (Å²) in [5.74, 6) is 5.33. The van der Waals surface area contributed by atoms with Crippen LogP contribution in [0.4, 0.5) is 5.69 Å². The second-order valence-corrected chi connectivity index (χ2v) is 7.69. The molecule has 1 unspecified atom stereocenters. The van der Waals surface area contributed by atoms with E-state index in [0.29, 0.717) is 34.8 Å². The van der Waals surface area contributed by atoms with Crippen LogP contribution in [0.15, 0.2) is 65.8 Å². The summed E-state index contributed by atoms with van der Waals surface area (Å²) in [6.07, 6.45) is 1.36. The Kier molecular flexibility index (Phi) is 6.44. The van der Waals surface area contributed by atoms with Crippen LogP contribution >= 0.6 is 0 Å². The Morgan fingerprint density at radius 3 is 2.29 bits per heavy atom. The highest BCUT2D eigenvalue weighted by Crippen LogP contribution is 2.49. The van der Waals surface area contributed by atoms with E-state index in [9.17, 15) is 14.9 Å². The highest BCUT2D eigenvalue weighted by atomic mass is 16.6. The predicted octanol–water partition coefficient (Wildman–Crippen LogP) is 3.76. The molecule has 0 fully saturated rings. The Hall–Kier alpha value is -4.40. The first-order valence-electron chi connectivity index (χ1n) is 10.5. The van der Waals surface area contributed by atoms with E-state index in [1.54, 1.807) is 25.3 Å². The molecule has 0 radical (unpaired) electrons. The molecule has 4 rings (SSSR count). The Morgan fingerprint density at radius 2 is 1.71 bits per heavy atom. The molecule has 0 aliphatic carbocycles. The van der Waals surface area contributed by atoms with E-state index in [2.05, 4.69) is 5.10 Å². The Balaban J connectivity index is 1.85. The van der Waals surface area contributed by atoms with Crippen LogP contribution in [0.25, 0.3) is 0 Å². The third-order valence-electron chi connectivity index (χ3n) is 5.80. The summed E-state index contributed by atoms with van der Waals surface area (Å²) in [6, 6.07) is 17.6. The van der Waals surface area contributed by atoms with Crippen molar-refractivity contribution in [2.75, 3.05) is 14.2 Å². The number of hydrogen-bond acceptors (Lipinski definition) is 8. The molecule has 1 heterocycles. The number of benzene rings is 3. The van der Waals surface area contributed by atoms with E-state index >= 15 is 0 Å². The minimum Gasteiger partial charge on any atom is -0.493 e. The van der Waals surface area contributed by atoms with Crippen molar-refractivity contribution < 1.29 is 23.9 Å². The zero-order chi connectivity index (χ0) is 24.2. The average Bonchev–Trinajstić information content (AvgIpc) is 2.86. The number of nitro groups is 1. The number of hydrazone groups is 1. The van der Waals surface area contributed by atoms with Gasteiger partial charge in [-0.05, 0) is 30.0 Å². The predicted molar refractivity (Wildman–Crippen MR) is 126 cm³/mol. The van der Waals surface area contributed by atoms with Gasteiger partial charge in [-0.25, -0.2) is 4.79 Å². The maximum atomic E-state index is 12.8. The molecule has 9 heteroatoms. The van der Waals surface area contributed by atoms with Gasteiger partial charge in [0.15, 0.2) is 17.2 Å². The fourth-order valence-electron chi connectivity index (χ4n) is 4.22. The molecule has 1 aliphatic rings. The van der Waals surface area contributed by atoms with E-state index in [1.807, 2.05) is 30.3 Å². The zero-order valence-corrected chi connectivity index (χ0v) is 18.7. The van der Waals surface area contributed by atoms with Gasteiger partial charge in [-0.2, -0.15) is 5.10 Å². The minimum absolute atomic E-state index is 0.0428. The normalized spacial score (nSPS) is 16.0. The number of carbonyl (C=O) groups is 1. The Labute approximate surface area is 195 Å². The van der Waals surface area contributed by atoms with E-state index in [-0.39, 0.29) is 11.4 Å². The molecule has 1 aliphatic heterocycles. The van der Waals surface area contributed by atoms with Crippen LogP contribution in [0.1, 0.15) is 28.2 Å². The number of nitrogens with two attached hydrogens (primary N) is 1. The summed E-state index contributed by atoms with van der Waals surface area (Å²) in [6.45, 7) is 0. The van der Waals surface area contributed by atoms with Crippen molar-refractivity contribution >= 4 is 17.4 Å². The van der Waals surface area contributed by atoms with Gasteiger partial charge in [-0.3, -0.25) is 10.1 Å². The lowest BCUT2D eigenvalue weighted by molar-refractivity contribution is -0.384. The van der Waals surface area contributed by atoms with E-state index in [1.165, 1.54) is 19.2 Å². The molecule has 3 aromatic carbocycles. The van der Waals surface area contributed by atoms with Crippen molar-refractivity contribution in [3.63, 3.8) is 0 Å². The molecule has 2 N–H and O–H groups in total. The smallest absolute Gasteiger partial charge is 0.360 e. The van der Waals surface area contributed by atoms with Crippen LogP contribution in [-0.2, 0) is 17.6 Å². The molecule has 1 atom stereocenters. The fraction of sp³-hybridized carbons (Fsp3) is 0.200. The largest absolute Gasteiger partial charge is 0.493 e. The maximum Gasteiger partial charge on any atom is 0.360 e. The summed E-state index contributed by atoms with van der Waals surface area (Å²) < 4.78 is 17.1. The molecular formula is C25H23N3O6. The van der Waals surface area contributed by atoms with Gasteiger partial charge in [0.1, 0.15) is 5.75 Å². The van der Waals surface area contributed by atoms with Crippen LogP contribution in [0, 0.1) is 10.1 Å². The van der Waals surface area contributed by atoms with Crippen LogP contribution in [0.5, 0.6) is 17.2 Å².